The van der Waals surface area contributed by atoms with Gasteiger partial charge in [-0.1, -0.05) is 28.1 Å². The van der Waals surface area contributed by atoms with Crippen molar-refractivity contribution in [2.45, 2.75) is 25.3 Å². The molecule has 1 unspecified atom stereocenters. The molecule has 3 aromatic rings. The Morgan fingerprint density at radius 2 is 1.76 bits per heavy atom. The number of H-pyrrole nitrogens is 1. The number of aromatic amines is 1. The highest BCUT2D eigenvalue weighted by molar-refractivity contribution is 9.10. The number of aryl methyl sites for hydroxylation is 1. The van der Waals surface area contributed by atoms with Crippen molar-refractivity contribution in [1.82, 2.24) is 9.88 Å². The molecule has 25 heavy (non-hydrogen) atoms. The number of hydrogen-bond donors (Lipinski definition) is 1. The standard InChI is InChI=1S/C20H15BrN2O2/c21-11-5-7-17-15(9-11)16-10-12(6-8-18(16)22-17)23-19(24)13-3-1-2-4-14(13)20(23)25/h1-5,7,9,12,22H,6,8,10H2. The molecule has 2 amide bonds. The summed E-state index contributed by atoms with van der Waals surface area (Å²) in [4.78, 5) is 30.5. The zero-order chi connectivity index (χ0) is 17.1. The van der Waals surface area contributed by atoms with Crippen LogP contribution in [0, 0.1) is 0 Å². The van der Waals surface area contributed by atoms with Gasteiger partial charge in [0.25, 0.3) is 11.8 Å². The SMILES string of the molecule is O=C1c2ccccc2C(=O)N1C1CCc2[nH]c3ccc(Br)cc3c2C1. The molecule has 2 aliphatic rings. The summed E-state index contributed by atoms with van der Waals surface area (Å²) in [5.41, 5.74) is 4.61. The lowest BCUT2D eigenvalue weighted by atomic mass is 9.90. The average Bonchev–Trinajstić information content (AvgIpc) is 3.10. The first-order chi connectivity index (χ1) is 12.1. The lowest BCUT2D eigenvalue weighted by molar-refractivity contribution is 0.0571. The summed E-state index contributed by atoms with van der Waals surface area (Å²) in [5, 5.41) is 1.17. The number of hydrogen-bond acceptors (Lipinski definition) is 2. The van der Waals surface area contributed by atoms with E-state index in [-0.39, 0.29) is 17.9 Å². The second-order valence-corrected chi connectivity index (χ2v) is 7.61. The number of fused-ring (bicyclic) bond motifs is 4. The van der Waals surface area contributed by atoms with Crippen LogP contribution in [0.4, 0.5) is 0 Å². The molecule has 0 fully saturated rings. The summed E-state index contributed by atoms with van der Waals surface area (Å²) in [6.45, 7) is 0. The molecule has 1 atom stereocenters. The predicted molar refractivity (Wildman–Crippen MR) is 98.8 cm³/mol. The third kappa shape index (κ3) is 2.12. The Hall–Kier alpha value is -2.40. The molecular weight excluding hydrogens is 380 g/mol. The van der Waals surface area contributed by atoms with E-state index in [2.05, 4.69) is 33.0 Å². The fourth-order valence-corrected chi connectivity index (χ4v) is 4.49. The van der Waals surface area contributed by atoms with E-state index in [0.29, 0.717) is 17.5 Å². The van der Waals surface area contributed by atoms with Crippen LogP contribution in [0.3, 0.4) is 0 Å². The molecule has 1 N–H and O–H groups in total. The number of aromatic nitrogens is 1. The van der Waals surface area contributed by atoms with Crippen LogP contribution >= 0.6 is 15.9 Å². The number of nitrogens with one attached hydrogen (secondary N) is 1. The van der Waals surface area contributed by atoms with E-state index in [9.17, 15) is 9.59 Å². The number of nitrogens with zero attached hydrogens (tertiary/aromatic N) is 1. The molecule has 0 radical (unpaired) electrons. The molecule has 2 heterocycles. The van der Waals surface area contributed by atoms with Gasteiger partial charge in [0, 0.05) is 27.1 Å². The average molecular weight is 395 g/mol. The summed E-state index contributed by atoms with van der Waals surface area (Å²) in [6.07, 6.45) is 2.35. The van der Waals surface area contributed by atoms with Crippen LogP contribution in [0.15, 0.2) is 46.9 Å². The van der Waals surface area contributed by atoms with Crippen molar-refractivity contribution in [3.05, 3.63) is 69.3 Å². The summed E-state index contributed by atoms with van der Waals surface area (Å²) in [6, 6.07) is 13.2. The van der Waals surface area contributed by atoms with Crippen molar-refractivity contribution >= 4 is 38.6 Å². The molecule has 1 aliphatic heterocycles. The van der Waals surface area contributed by atoms with Gasteiger partial charge < -0.3 is 4.98 Å². The molecule has 0 bridgehead atoms. The molecule has 5 rings (SSSR count). The highest BCUT2D eigenvalue weighted by Crippen LogP contribution is 2.35. The van der Waals surface area contributed by atoms with Gasteiger partial charge in [-0.2, -0.15) is 0 Å². The molecule has 0 saturated carbocycles. The van der Waals surface area contributed by atoms with E-state index < -0.39 is 0 Å². The van der Waals surface area contributed by atoms with Crippen LogP contribution in [0.25, 0.3) is 10.9 Å². The van der Waals surface area contributed by atoms with Crippen LogP contribution < -0.4 is 0 Å². The first kappa shape index (κ1) is 14.9. The molecule has 124 valence electrons. The minimum absolute atomic E-state index is 0.0853. The molecule has 5 heteroatoms. The minimum atomic E-state index is -0.157. The maximum Gasteiger partial charge on any atom is 0.261 e. The number of halogens is 1. The third-order valence-corrected chi connectivity index (χ3v) is 5.81. The van der Waals surface area contributed by atoms with Gasteiger partial charge in [-0.25, -0.2) is 0 Å². The van der Waals surface area contributed by atoms with Gasteiger partial charge in [0.15, 0.2) is 0 Å². The van der Waals surface area contributed by atoms with Gasteiger partial charge in [0.2, 0.25) is 0 Å². The minimum Gasteiger partial charge on any atom is -0.358 e. The molecule has 4 nitrogen and oxygen atoms in total. The van der Waals surface area contributed by atoms with E-state index in [1.807, 2.05) is 18.2 Å². The zero-order valence-electron chi connectivity index (χ0n) is 13.4. The number of amides is 2. The van der Waals surface area contributed by atoms with Gasteiger partial charge >= 0.3 is 0 Å². The van der Waals surface area contributed by atoms with Crippen LogP contribution in [-0.2, 0) is 12.8 Å². The maximum atomic E-state index is 12.8. The van der Waals surface area contributed by atoms with Crippen LogP contribution in [0.1, 0.15) is 38.4 Å². The van der Waals surface area contributed by atoms with Crippen molar-refractivity contribution in [3.8, 4) is 0 Å². The monoisotopic (exact) mass is 394 g/mol. The molecule has 1 aromatic heterocycles. The number of carbonyl (C=O) groups excluding carboxylic acids is 2. The van der Waals surface area contributed by atoms with E-state index in [1.54, 1.807) is 12.1 Å². The topological polar surface area (TPSA) is 53.2 Å². The summed E-state index contributed by atoms with van der Waals surface area (Å²) < 4.78 is 1.03. The second kappa shape index (κ2) is 5.30. The lowest BCUT2D eigenvalue weighted by Crippen LogP contribution is -2.43. The molecule has 1 aliphatic carbocycles. The lowest BCUT2D eigenvalue weighted by Gasteiger charge is -2.29. The molecule has 0 saturated heterocycles. The fourth-order valence-electron chi connectivity index (χ4n) is 4.13. The first-order valence-corrected chi connectivity index (χ1v) is 9.18. The summed E-state index contributed by atoms with van der Waals surface area (Å²) >= 11 is 3.53. The summed E-state index contributed by atoms with van der Waals surface area (Å²) in [5.74, 6) is -0.315. The van der Waals surface area contributed by atoms with Gasteiger partial charge in [0.1, 0.15) is 0 Å². The predicted octanol–water partition coefficient (Wildman–Crippen LogP) is 4.08. The smallest absolute Gasteiger partial charge is 0.261 e. The van der Waals surface area contributed by atoms with E-state index in [4.69, 9.17) is 0 Å². The Morgan fingerprint density at radius 1 is 1.04 bits per heavy atom. The zero-order valence-corrected chi connectivity index (χ0v) is 15.0. The number of carbonyl (C=O) groups is 2. The number of imide groups is 1. The van der Waals surface area contributed by atoms with E-state index >= 15 is 0 Å². The van der Waals surface area contributed by atoms with Crippen molar-refractivity contribution in [2.75, 3.05) is 0 Å². The third-order valence-electron chi connectivity index (χ3n) is 5.31. The first-order valence-electron chi connectivity index (χ1n) is 8.39. The highest BCUT2D eigenvalue weighted by atomic mass is 79.9. The second-order valence-electron chi connectivity index (χ2n) is 6.69. The fraction of sp³-hybridized carbons (Fsp3) is 0.200. The van der Waals surface area contributed by atoms with E-state index in [1.165, 1.54) is 21.5 Å². The number of benzene rings is 2. The molecule has 2 aromatic carbocycles. The quantitative estimate of drug-likeness (QED) is 0.632. The van der Waals surface area contributed by atoms with Gasteiger partial charge in [-0.05, 0) is 55.2 Å². The normalized spacial score (nSPS) is 19.4. The van der Waals surface area contributed by atoms with Crippen LogP contribution in [-0.4, -0.2) is 27.7 Å². The van der Waals surface area contributed by atoms with Gasteiger partial charge in [0.05, 0.1) is 11.1 Å². The Labute approximate surface area is 153 Å². The Kier molecular flexibility index (Phi) is 3.16. The summed E-state index contributed by atoms with van der Waals surface area (Å²) in [7, 11) is 0. The molecular formula is C20H15BrN2O2. The van der Waals surface area contributed by atoms with Crippen molar-refractivity contribution in [2.24, 2.45) is 0 Å². The largest absolute Gasteiger partial charge is 0.358 e. The van der Waals surface area contributed by atoms with Gasteiger partial charge in [-0.3, -0.25) is 14.5 Å². The Balaban J connectivity index is 1.54. The Bertz CT molecular complexity index is 1020. The van der Waals surface area contributed by atoms with Gasteiger partial charge in [-0.15, -0.1) is 0 Å². The van der Waals surface area contributed by atoms with Crippen molar-refractivity contribution in [3.63, 3.8) is 0 Å². The van der Waals surface area contributed by atoms with E-state index in [0.717, 1.165) is 22.8 Å². The number of rotatable bonds is 1. The maximum absolute atomic E-state index is 12.8. The van der Waals surface area contributed by atoms with Crippen LogP contribution in [0.5, 0.6) is 0 Å². The highest BCUT2D eigenvalue weighted by Gasteiger charge is 2.41. The van der Waals surface area contributed by atoms with Crippen LogP contribution in [0.2, 0.25) is 0 Å². The van der Waals surface area contributed by atoms with Crippen molar-refractivity contribution < 1.29 is 9.59 Å². The Morgan fingerprint density at radius 3 is 2.48 bits per heavy atom. The molecule has 0 spiro atoms. The van der Waals surface area contributed by atoms with Crippen molar-refractivity contribution in [1.29, 1.82) is 0 Å².